The van der Waals surface area contributed by atoms with Crippen molar-refractivity contribution in [1.29, 1.82) is 0 Å². The third kappa shape index (κ3) is 5.39. The average Bonchev–Trinajstić information content (AvgIpc) is 2.52. The summed E-state index contributed by atoms with van der Waals surface area (Å²) in [4.78, 5) is 0. The Balaban J connectivity index is 2.35. The number of aliphatic hydroxyl groups excluding tert-OH is 1. The number of hydrogen-bond donors (Lipinski definition) is 2. The molecule has 0 bridgehead atoms. The molecule has 3 atom stereocenters. The molecule has 1 rings (SSSR count). The third-order valence-corrected chi connectivity index (χ3v) is 4.24. The van der Waals surface area contributed by atoms with Crippen LogP contribution in [0, 0.1) is 11.8 Å². The van der Waals surface area contributed by atoms with E-state index in [1.54, 1.807) is 0 Å². The lowest BCUT2D eigenvalue weighted by Gasteiger charge is -2.26. The molecule has 1 fully saturated rings. The zero-order valence-electron chi connectivity index (χ0n) is 11.9. The van der Waals surface area contributed by atoms with Gasteiger partial charge in [-0.25, -0.2) is 0 Å². The third-order valence-electron chi connectivity index (χ3n) is 4.24. The fraction of sp³-hybridized carbons (Fsp3) is 1.00. The van der Waals surface area contributed by atoms with Gasteiger partial charge in [0, 0.05) is 12.1 Å². The summed E-state index contributed by atoms with van der Waals surface area (Å²) in [7, 11) is 0. The van der Waals surface area contributed by atoms with Crippen molar-refractivity contribution in [2.75, 3.05) is 6.61 Å². The second-order valence-electron chi connectivity index (χ2n) is 6.06. The van der Waals surface area contributed by atoms with Gasteiger partial charge in [0.25, 0.3) is 0 Å². The summed E-state index contributed by atoms with van der Waals surface area (Å²) in [5.74, 6) is 1.48. The normalized spacial score (nSPS) is 28.1. The van der Waals surface area contributed by atoms with E-state index in [0.29, 0.717) is 12.0 Å². The molecule has 102 valence electrons. The Hall–Kier alpha value is -0.0800. The molecule has 1 aliphatic carbocycles. The summed E-state index contributed by atoms with van der Waals surface area (Å²) < 4.78 is 0. The van der Waals surface area contributed by atoms with Crippen molar-refractivity contribution in [3.63, 3.8) is 0 Å². The van der Waals surface area contributed by atoms with E-state index in [0.717, 1.165) is 5.92 Å². The Morgan fingerprint density at radius 1 is 1.18 bits per heavy atom. The average molecular weight is 241 g/mol. The van der Waals surface area contributed by atoms with Gasteiger partial charge in [-0.15, -0.1) is 0 Å². The highest BCUT2D eigenvalue weighted by molar-refractivity contribution is 4.79. The van der Waals surface area contributed by atoms with E-state index in [1.165, 1.54) is 44.9 Å². The molecule has 2 heteroatoms. The molecule has 1 saturated carbocycles. The van der Waals surface area contributed by atoms with E-state index in [4.69, 9.17) is 0 Å². The fourth-order valence-corrected chi connectivity index (χ4v) is 3.00. The molecule has 3 unspecified atom stereocenters. The Bertz CT molecular complexity index is 193. The van der Waals surface area contributed by atoms with Crippen LogP contribution in [0.15, 0.2) is 0 Å². The molecule has 2 N–H and O–H groups in total. The van der Waals surface area contributed by atoms with E-state index in [2.05, 4.69) is 26.1 Å². The van der Waals surface area contributed by atoms with Crippen LogP contribution in [-0.2, 0) is 0 Å². The lowest BCUT2D eigenvalue weighted by atomic mass is 9.95. The molecule has 0 spiro atoms. The summed E-state index contributed by atoms with van der Waals surface area (Å²) in [6.07, 6.45) is 9.48. The predicted octanol–water partition coefficient (Wildman–Crippen LogP) is 3.34. The lowest BCUT2D eigenvalue weighted by Crippen LogP contribution is -2.43. The second kappa shape index (κ2) is 8.10. The molecule has 17 heavy (non-hydrogen) atoms. The Kier molecular flexibility index (Phi) is 7.14. The van der Waals surface area contributed by atoms with E-state index in [-0.39, 0.29) is 12.6 Å². The van der Waals surface area contributed by atoms with Gasteiger partial charge in [-0.3, -0.25) is 0 Å². The summed E-state index contributed by atoms with van der Waals surface area (Å²) in [6, 6.07) is 0.916. The summed E-state index contributed by atoms with van der Waals surface area (Å²) in [6.45, 7) is 6.93. The fourth-order valence-electron chi connectivity index (χ4n) is 3.00. The van der Waals surface area contributed by atoms with Crippen molar-refractivity contribution in [3.8, 4) is 0 Å². The molecular weight excluding hydrogens is 210 g/mol. The highest BCUT2D eigenvalue weighted by atomic mass is 16.3. The highest BCUT2D eigenvalue weighted by Gasteiger charge is 2.21. The van der Waals surface area contributed by atoms with Gasteiger partial charge in [-0.2, -0.15) is 0 Å². The van der Waals surface area contributed by atoms with Crippen LogP contribution in [0.4, 0.5) is 0 Å². The number of hydrogen-bond acceptors (Lipinski definition) is 2. The van der Waals surface area contributed by atoms with E-state index in [1.807, 2.05) is 0 Å². The maximum absolute atomic E-state index is 9.37. The topological polar surface area (TPSA) is 32.3 Å². The number of nitrogens with one attached hydrogen (secondary N) is 1. The molecule has 0 amide bonds. The first kappa shape index (κ1) is 15.0. The van der Waals surface area contributed by atoms with E-state index >= 15 is 0 Å². The van der Waals surface area contributed by atoms with Crippen LogP contribution in [0.3, 0.4) is 0 Å². The SMILES string of the molecule is CCCC1CCCC(NC(CO)C(C)C)CC1. The van der Waals surface area contributed by atoms with Crippen LogP contribution in [0.5, 0.6) is 0 Å². The first-order chi connectivity index (χ1) is 8.17. The van der Waals surface area contributed by atoms with Gasteiger partial charge in [0.2, 0.25) is 0 Å². The largest absolute Gasteiger partial charge is 0.395 e. The smallest absolute Gasteiger partial charge is 0.0587 e. The summed E-state index contributed by atoms with van der Waals surface area (Å²) in [5.41, 5.74) is 0. The quantitative estimate of drug-likeness (QED) is 0.699. The first-order valence-electron chi connectivity index (χ1n) is 7.54. The van der Waals surface area contributed by atoms with Crippen LogP contribution in [0.25, 0.3) is 0 Å². The highest BCUT2D eigenvalue weighted by Crippen LogP contribution is 2.27. The van der Waals surface area contributed by atoms with Gasteiger partial charge in [0.05, 0.1) is 6.61 Å². The second-order valence-corrected chi connectivity index (χ2v) is 6.06. The van der Waals surface area contributed by atoms with Crippen molar-refractivity contribution in [3.05, 3.63) is 0 Å². The number of rotatable bonds is 6. The molecule has 0 aromatic heterocycles. The number of aliphatic hydroxyl groups is 1. The van der Waals surface area contributed by atoms with Crippen LogP contribution in [0.2, 0.25) is 0 Å². The van der Waals surface area contributed by atoms with Crippen molar-refractivity contribution in [2.45, 2.75) is 77.8 Å². The molecule has 1 aliphatic rings. The van der Waals surface area contributed by atoms with Crippen LogP contribution >= 0.6 is 0 Å². The minimum absolute atomic E-state index is 0.270. The summed E-state index contributed by atoms with van der Waals surface area (Å²) >= 11 is 0. The van der Waals surface area contributed by atoms with Gasteiger partial charge in [-0.1, -0.05) is 46.5 Å². The standard InChI is InChI=1S/C15H31NO/c1-4-6-13-7-5-8-14(10-9-13)16-15(11-17)12(2)3/h12-17H,4-11H2,1-3H3. The Morgan fingerprint density at radius 3 is 2.53 bits per heavy atom. The van der Waals surface area contributed by atoms with Crippen molar-refractivity contribution < 1.29 is 5.11 Å². The van der Waals surface area contributed by atoms with Gasteiger partial charge in [-0.05, 0) is 31.1 Å². The molecular formula is C15H31NO. The molecule has 0 heterocycles. The van der Waals surface area contributed by atoms with Crippen molar-refractivity contribution >= 4 is 0 Å². The van der Waals surface area contributed by atoms with Gasteiger partial charge in [0.1, 0.15) is 0 Å². The Labute approximate surface area is 107 Å². The van der Waals surface area contributed by atoms with Gasteiger partial charge < -0.3 is 10.4 Å². The molecule has 0 aliphatic heterocycles. The van der Waals surface area contributed by atoms with Crippen molar-refractivity contribution in [1.82, 2.24) is 5.32 Å². The summed E-state index contributed by atoms with van der Waals surface area (Å²) in [5, 5.41) is 13.0. The van der Waals surface area contributed by atoms with Gasteiger partial charge in [0.15, 0.2) is 0 Å². The van der Waals surface area contributed by atoms with Crippen LogP contribution in [0.1, 0.15) is 65.7 Å². The molecule has 2 nitrogen and oxygen atoms in total. The predicted molar refractivity (Wildman–Crippen MR) is 74.1 cm³/mol. The molecule has 0 saturated heterocycles. The minimum Gasteiger partial charge on any atom is -0.395 e. The lowest BCUT2D eigenvalue weighted by molar-refractivity contribution is 0.194. The van der Waals surface area contributed by atoms with Gasteiger partial charge >= 0.3 is 0 Å². The molecule has 0 aromatic rings. The van der Waals surface area contributed by atoms with Crippen LogP contribution < -0.4 is 5.32 Å². The minimum atomic E-state index is 0.270. The maximum Gasteiger partial charge on any atom is 0.0587 e. The first-order valence-corrected chi connectivity index (χ1v) is 7.54. The van der Waals surface area contributed by atoms with Crippen LogP contribution in [-0.4, -0.2) is 23.8 Å². The molecule has 0 radical (unpaired) electrons. The monoisotopic (exact) mass is 241 g/mol. The zero-order chi connectivity index (χ0) is 12.7. The van der Waals surface area contributed by atoms with Crippen molar-refractivity contribution in [2.24, 2.45) is 11.8 Å². The zero-order valence-corrected chi connectivity index (χ0v) is 11.9. The van der Waals surface area contributed by atoms with E-state index < -0.39 is 0 Å². The maximum atomic E-state index is 9.37. The van der Waals surface area contributed by atoms with E-state index in [9.17, 15) is 5.11 Å². The molecule has 0 aromatic carbocycles. The Morgan fingerprint density at radius 2 is 1.94 bits per heavy atom.